The molecule has 1 N–H and O–H groups in total. The minimum atomic E-state index is -1.27. The first-order valence-corrected chi connectivity index (χ1v) is 10.7. The zero-order valence-electron chi connectivity index (χ0n) is 20.1. The monoisotopic (exact) mass is 478 g/mol. The molecule has 1 aromatic rings. The molecule has 1 unspecified atom stereocenters. The van der Waals surface area contributed by atoms with Crippen LogP contribution in [0.5, 0.6) is 5.75 Å². The number of ether oxygens (including phenoxy) is 3. The van der Waals surface area contributed by atoms with Gasteiger partial charge in [0, 0.05) is 19.3 Å². The van der Waals surface area contributed by atoms with E-state index in [1.165, 1.54) is 12.1 Å². The molecule has 0 aliphatic carbocycles. The number of rotatable bonds is 6. The lowest BCUT2D eigenvalue weighted by molar-refractivity contribution is -0.198. The Bertz CT molecular complexity index is 927. The summed E-state index contributed by atoms with van der Waals surface area (Å²) >= 11 is 0. The van der Waals surface area contributed by atoms with Crippen LogP contribution in [0.1, 0.15) is 59.9 Å². The lowest BCUT2D eigenvalue weighted by Gasteiger charge is -2.24. The molecule has 2 rings (SSSR count). The predicted molar refractivity (Wildman–Crippen MR) is 117 cm³/mol. The van der Waals surface area contributed by atoms with Crippen LogP contribution in [0.15, 0.2) is 24.3 Å². The van der Waals surface area contributed by atoms with Gasteiger partial charge in [-0.05, 0) is 59.2 Å². The summed E-state index contributed by atoms with van der Waals surface area (Å²) in [6, 6.07) is 4.85. The number of hydroxylamine groups is 2. The number of hydrogen-bond donors (Lipinski definition) is 1. The lowest BCUT2D eigenvalue weighted by Crippen LogP contribution is -2.48. The van der Waals surface area contributed by atoms with Crippen LogP contribution in [0.25, 0.3) is 0 Å². The summed E-state index contributed by atoms with van der Waals surface area (Å²) in [4.78, 5) is 65.3. The van der Waals surface area contributed by atoms with Crippen LogP contribution < -0.4 is 10.1 Å². The van der Waals surface area contributed by atoms with E-state index in [0.29, 0.717) is 10.6 Å². The molecule has 0 radical (unpaired) electrons. The van der Waals surface area contributed by atoms with Crippen molar-refractivity contribution in [2.45, 2.75) is 78.0 Å². The van der Waals surface area contributed by atoms with Crippen molar-refractivity contribution < 1.29 is 43.0 Å². The topological polar surface area (TPSA) is 138 Å². The number of imide groups is 1. The highest BCUT2D eigenvalue weighted by atomic mass is 16.7. The number of nitrogens with zero attached hydrogens (tertiary/aromatic N) is 1. The highest BCUT2D eigenvalue weighted by Gasteiger charge is 2.36. The molecule has 3 amide bonds. The van der Waals surface area contributed by atoms with Gasteiger partial charge in [0.15, 0.2) is 0 Å². The molecule has 0 bridgehead atoms. The smallest absolute Gasteiger partial charge is 0.444 e. The van der Waals surface area contributed by atoms with Crippen molar-refractivity contribution in [2.24, 2.45) is 0 Å². The Kier molecular flexibility index (Phi) is 8.25. The van der Waals surface area contributed by atoms with Gasteiger partial charge in [0.05, 0.1) is 0 Å². The van der Waals surface area contributed by atoms with Gasteiger partial charge in [0.2, 0.25) is 0 Å². The number of carbonyl (C=O) groups excluding carboxylic acids is 5. The van der Waals surface area contributed by atoms with E-state index in [9.17, 15) is 24.0 Å². The fourth-order valence-electron chi connectivity index (χ4n) is 2.75. The van der Waals surface area contributed by atoms with E-state index < -0.39 is 47.3 Å². The van der Waals surface area contributed by atoms with Crippen LogP contribution in [0.4, 0.5) is 9.59 Å². The summed E-state index contributed by atoms with van der Waals surface area (Å²) in [5.74, 6) is -2.08. The Morgan fingerprint density at radius 1 is 0.912 bits per heavy atom. The maximum atomic E-state index is 12.7. The molecule has 0 aromatic heterocycles. The van der Waals surface area contributed by atoms with Crippen LogP contribution in [0.2, 0.25) is 0 Å². The largest absolute Gasteiger partial charge is 0.514 e. The lowest BCUT2D eigenvalue weighted by atomic mass is 10.1. The third-order valence-electron chi connectivity index (χ3n) is 4.12. The Labute approximate surface area is 197 Å². The van der Waals surface area contributed by atoms with Crippen LogP contribution in [0, 0.1) is 0 Å². The minimum absolute atomic E-state index is 0.0545. The number of carbonyl (C=O) groups is 5. The maximum absolute atomic E-state index is 12.7. The fourth-order valence-corrected chi connectivity index (χ4v) is 2.75. The highest BCUT2D eigenvalue weighted by Crippen LogP contribution is 2.18. The third-order valence-corrected chi connectivity index (χ3v) is 4.12. The van der Waals surface area contributed by atoms with Crippen molar-refractivity contribution in [3.63, 3.8) is 0 Å². The molecule has 0 spiro atoms. The Morgan fingerprint density at radius 3 is 1.94 bits per heavy atom. The molecule has 1 saturated heterocycles. The standard InChI is InChI=1S/C23H30N2O9/c1-22(2,3)32-20(29)24-16(19(28)34-25-17(26)11-12-18(25)27)13-14-7-9-15(10-8-14)31-21(30)33-23(4,5)6/h7-10,16H,11-13H2,1-6H3,(H,24,29). The predicted octanol–water partition coefficient (Wildman–Crippen LogP) is 3.04. The van der Waals surface area contributed by atoms with Gasteiger partial charge < -0.3 is 24.4 Å². The number of benzene rings is 1. The number of amides is 3. The van der Waals surface area contributed by atoms with Crippen LogP contribution >= 0.6 is 0 Å². The zero-order valence-corrected chi connectivity index (χ0v) is 20.1. The van der Waals surface area contributed by atoms with Gasteiger partial charge in [-0.15, -0.1) is 5.06 Å². The van der Waals surface area contributed by atoms with Gasteiger partial charge in [0.1, 0.15) is 23.0 Å². The highest BCUT2D eigenvalue weighted by molar-refractivity contribution is 6.01. The summed E-state index contributed by atoms with van der Waals surface area (Å²) < 4.78 is 15.4. The molecule has 1 atom stereocenters. The van der Waals surface area contributed by atoms with Crippen molar-refractivity contribution >= 4 is 30.0 Å². The Hall–Kier alpha value is -3.63. The number of alkyl carbamates (subject to hydrolysis) is 1. The second-order valence-electron chi connectivity index (χ2n) is 9.61. The summed E-state index contributed by atoms with van der Waals surface area (Å²) in [5, 5.41) is 2.81. The maximum Gasteiger partial charge on any atom is 0.514 e. The van der Waals surface area contributed by atoms with E-state index >= 15 is 0 Å². The molecule has 11 heteroatoms. The van der Waals surface area contributed by atoms with Gasteiger partial charge in [0.25, 0.3) is 11.8 Å². The molecule has 34 heavy (non-hydrogen) atoms. The second-order valence-corrected chi connectivity index (χ2v) is 9.61. The van der Waals surface area contributed by atoms with Crippen molar-refractivity contribution in [1.29, 1.82) is 0 Å². The fraction of sp³-hybridized carbons (Fsp3) is 0.522. The number of hydrogen-bond acceptors (Lipinski definition) is 9. The van der Waals surface area contributed by atoms with E-state index in [4.69, 9.17) is 19.0 Å². The van der Waals surface area contributed by atoms with Crippen LogP contribution in [-0.2, 0) is 35.1 Å². The van der Waals surface area contributed by atoms with E-state index in [0.717, 1.165) is 0 Å². The number of nitrogens with one attached hydrogen (secondary N) is 1. The van der Waals surface area contributed by atoms with E-state index in [1.807, 2.05) is 0 Å². The van der Waals surface area contributed by atoms with Gasteiger partial charge in [-0.1, -0.05) is 12.1 Å². The van der Waals surface area contributed by atoms with Gasteiger partial charge in [-0.25, -0.2) is 14.4 Å². The van der Waals surface area contributed by atoms with Crippen LogP contribution in [0.3, 0.4) is 0 Å². The SMILES string of the molecule is CC(C)(C)OC(=O)NC(Cc1ccc(OC(=O)OC(C)(C)C)cc1)C(=O)ON1C(=O)CCC1=O. The summed E-state index contributed by atoms with van der Waals surface area (Å²) in [6.07, 6.45) is -1.92. The Balaban J connectivity index is 2.11. The first-order chi connectivity index (χ1) is 15.6. The average Bonchev–Trinajstić information content (AvgIpc) is 2.98. The third kappa shape index (κ3) is 8.72. The molecule has 1 heterocycles. The van der Waals surface area contributed by atoms with E-state index in [1.54, 1.807) is 53.7 Å². The van der Waals surface area contributed by atoms with Crippen molar-refractivity contribution in [3.05, 3.63) is 29.8 Å². The molecular formula is C23H30N2O9. The molecule has 1 aromatic carbocycles. The van der Waals surface area contributed by atoms with Gasteiger partial charge in [-0.3, -0.25) is 9.59 Å². The molecule has 0 saturated carbocycles. The average molecular weight is 478 g/mol. The van der Waals surface area contributed by atoms with Crippen molar-refractivity contribution in [2.75, 3.05) is 0 Å². The first kappa shape index (κ1) is 26.6. The second kappa shape index (κ2) is 10.5. The molecule has 11 nitrogen and oxygen atoms in total. The minimum Gasteiger partial charge on any atom is -0.444 e. The quantitative estimate of drug-likeness (QED) is 0.371. The molecule has 1 aliphatic heterocycles. The Morgan fingerprint density at radius 2 is 1.44 bits per heavy atom. The molecule has 1 fully saturated rings. The summed E-state index contributed by atoms with van der Waals surface area (Å²) in [5.41, 5.74) is -0.968. The normalized spacial score (nSPS) is 14.9. The molecule has 186 valence electrons. The van der Waals surface area contributed by atoms with Crippen molar-refractivity contribution in [3.8, 4) is 5.75 Å². The molecular weight excluding hydrogens is 448 g/mol. The summed E-state index contributed by atoms with van der Waals surface area (Å²) in [6.45, 7) is 10.1. The molecule has 1 aliphatic rings. The van der Waals surface area contributed by atoms with Crippen LogP contribution in [-0.4, -0.2) is 52.3 Å². The van der Waals surface area contributed by atoms with Gasteiger partial charge >= 0.3 is 18.2 Å². The zero-order chi connectivity index (χ0) is 25.7. The van der Waals surface area contributed by atoms with Crippen molar-refractivity contribution in [1.82, 2.24) is 10.4 Å². The van der Waals surface area contributed by atoms with E-state index in [-0.39, 0.29) is 25.0 Å². The summed E-state index contributed by atoms with van der Waals surface area (Å²) in [7, 11) is 0. The first-order valence-electron chi connectivity index (χ1n) is 10.7. The van der Waals surface area contributed by atoms with Gasteiger partial charge in [-0.2, -0.15) is 0 Å². The van der Waals surface area contributed by atoms with E-state index in [2.05, 4.69) is 5.32 Å².